The molecule has 2 aromatic heterocycles. The van der Waals surface area contributed by atoms with Crippen LogP contribution in [-0.4, -0.2) is 14.5 Å². The second kappa shape index (κ2) is 3.05. The summed E-state index contributed by atoms with van der Waals surface area (Å²) in [5.41, 5.74) is 3.23. The number of nitrogens with zero attached hydrogens (tertiary/aromatic N) is 3. The summed E-state index contributed by atoms with van der Waals surface area (Å²) in [4.78, 5) is 8.76. The van der Waals surface area contributed by atoms with Gasteiger partial charge in [-0.25, -0.2) is 4.98 Å². The first-order valence-electron chi connectivity index (χ1n) is 5.08. The molecule has 15 heavy (non-hydrogen) atoms. The fourth-order valence-electron chi connectivity index (χ4n) is 1.93. The molecular weight excluding hydrogens is 186 g/mol. The molecule has 0 amide bonds. The van der Waals surface area contributed by atoms with Gasteiger partial charge in [-0.05, 0) is 31.2 Å². The van der Waals surface area contributed by atoms with Gasteiger partial charge in [0.2, 0.25) is 0 Å². The quantitative estimate of drug-likeness (QED) is 0.600. The predicted octanol–water partition coefficient (Wildman–Crippen LogP) is 2.60. The molecule has 0 aliphatic rings. The average Bonchev–Trinajstić information content (AvgIpc) is 2.72. The van der Waals surface area contributed by atoms with Crippen LogP contribution in [0.25, 0.3) is 21.9 Å². The normalized spacial score (nSPS) is 11.3. The molecule has 0 aliphatic heterocycles. The van der Waals surface area contributed by atoms with E-state index in [4.69, 9.17) is 0 Å². The van der Waals surface area contributed by atoms with Crippen molar-refractivity contribution >= 4 is 21.9 Å². The van der Waals surface area contributed by atoms with Gasteiger partial charge < -0.3 is 4.57 Å². The molecule has 3 nitrogen and oxygen atoms in total. The van der Waals surface area contributed by atoms with Crippen LogP contribution < -0.4 is 0 Å². The maximum absolute atomic E-state index is 4.44. The smallest absolute Gasteiger partial charge is 0.0978 e. The van der Waals surface area contributed by atoms with E-state index in [9.17, 15) is 0 Å². The lowest BCUT2D eigenvalue weighted by Crippen LogP contribution is -1.90. The predicted molar refractivity (Wildman–Crippen MR) is 60.7 cm³/mol. The van der Waals surface area contributed by atoms with E-state index in [0.717, 1.165) is 23.0 Å². The zero-order chi connectivity index (χ0) is 10.3. The number of pyridine rings is 1. The molecule has 3 heteroatoms. The first kappa shape index (κ1) is 8.41. The van der Waals surface area contributed by atoms with Crippen molar-refractivity contribution < 1.29 is 0 Å². The molecule has 0 radical (unpaired) electrons. The highest BCUT2D eigenvalue weighted by atomic mass is 15.0. The zero-order valence-corrected chi connectivity index (χ0v) is 8.51. The molecule has 0 atom stereocenters. The number of rotatable bonds is 1. The minimum absolute atomic E-state index is 0.947. The molecule has 0 spiro atoms. The molecule has 0 unspecified atom stereocenters. The van der Waals surface area contributed by atoms with E-state index in [1.165, 1.54) is 5.52 Å². The van der Waals surface area contributed by atoms with Crippen molar-refractivity contribution in [3.05, 3.63) is 36.8 Å². The van der Waals surface area contributed by atoms with Crippen LogP contribution in [0.3, 0.4) is 0 Å². The van der Waals surface area contributed by atoms with Crippen molar-refractivity contribution in [2.24, 2.45) is 0 Å². The molecule has 0 saturated heterocycles. The van der Waals surface area contributed by atoms with Gasteiger partial charge in [0.05, 0.1) is 22.9 Å². The van der Waals surface area contributed by atoms with Crippen molar-refractivity contribution in [3.8, 4) is 0 Å². The molecule has 3 aromatic rings. The molecule has 1 aromatic carbocycles. The standard InChI is InChI=1S/C12H11N3/c1-2-15-8-14-12-9-4-3-7-13-10(9)5-6-11(12)15/h3-8H,2H2,1H3. The number of aryl methyl sites for hydroxylation is 1. The van der Waals surface area contributed by atoms with Crippen LogP contribution in [0.2, 0.25) is 0 Å². The van der Waals surface area contributed by atoms with Crippen LogP contribution >= 0.6 is 0 Å². The lowest BCUT2D eigenvalue weighted by molar-refractivity contribution is 0.787. The summed E-state index contributed by atoms with van der Waals surface area (Å²) in [7, 11) is 0. The SMILES string of the molecule is CCn1cnc2c3cccnc3ccc21. The van der Waals surface area contributed by atoms with Gasteiger partial charge in [-0.2, -0.15) is 0 Å². The monoisotopic (exact) mass is 197 g/mol. The second-order valence-corrected chi connectivity index (χ2v) is 3.53. The first-order valence-corrected chi connectivity index (χ1v) is 5.08. The van der Waals surface area contributed by atoms with Gasteiger partial charge >= 0.3 is 0 Å². The molecule has 0 saturated carbocycles. The van der Waals surface area contributed by atoms with Crippen LogP contribution in [0.15, 0.2) is 36.8 Å². The highest BCUT2D eigenvalue weighted by molar-refractivity contribution is 6.02. The minimum atomic E-state index is 0.947. The Morgan fingerprint density at radius 3 is 3.00 bits per heavy atom. The third-order valence-electron chi connectivity index (χ3n) is 2.71. The average molecular weight is 197 g/mol. The summed E-state index contributed by atoms with van der Waals surface area (Å²) < 4.78 is 2.14. The fraction of sp³-hybridized carbons (Fsp3) is 0.167. The number of fused-ring (bicyclic) bond motifs is 3. The number of aromatic nitrogens is 3. The van der Waals surface area contributed by atoms with E-state index >= 15 is 0 Å². The van der Waals surface area contributed by atoms with E-state index in [2.05, 4.69) is 33.6 Å². The molecule has 3 rings (SSSR count). The third kappa shape index (κ3) is 1.13. The van der Waals surface area contributed by atoms with Gasteiger partial charge in [0, 0.05) is 18.1 Å². The number of imidazole rings is 1. The zero-order valence-electron chi connectivity index (χ0n) is 8.51. The molecule has 2 heterocycles. The Hall–Kier alpha value is -1.90. The number of hydrogen-bond donors (Lipinski definition) is 0. The van der Waals surface area contributed by atoms with Crippen molar-refractivity contribution in [3.63, 3.8) is 0 Å². The topological polar surface area (TPSA) is 30.7 Å². The number of hydrogen-bond acceptors (Lipinski definition) is 2. The molecule has 0 fully saturated rings. The van der Waals surface area contributed by atoms with E-state index in [1.54, 1.807) is 0 Å². The van der Waals surface area contributed by atoms with Gasteiger partial charge in [0.1, 0.15) is 0 Å². The van der Waals surface area contributed by atoms with Gasteiger partial charge in [0.25, 0.3) is 0 Å². The summed E-state index contributed by atoms with van der Waals surface area (Å²) in [6.45, 7) is 3.07. The molecule has 0 bridgehead atoms. The second-order valence-electron chi connectivity index (χ2n) is 3.53. The summed E-state index contributed by atoms with van der Waals surface area (Å²) in [5.74, 6) is 0. The summed E-state index contributed by atoms with van der Waals surface area (Å²) in [5, 5.41) is 1.13. The Bertz CT molecular complexity index is 625. The van der Waals surface area contributed by atoms with Crippen LogP contribution in [0.5, 0.6) is 0 Å². The maximum Gasteiger partial charge on any atom is 0.0978 e. The molecule has 0 N–H and O–H groups in total. The summed E-state index contributed by atoms with van der Waals surface area (Å²) >= 11 is 0. The van der Waals surface area contributed by atoms with Crippen molar-refractivity contribution in [2.75, 3.05) is 0 Å². The van der Waals surface area contributed by atoms with Crippen molar-refractivity contribution in [1.82, 2.24) is 14.5 Å². The van der Waals surface area contributed by atoms with Crippen LogP contribution in [-0.2, 0) is 6.54 Å². The Balaban J connectivity index is 2.50. The van der Waals surface area contributed by atoms with Crippen LogP contribution in [0.4, 0.5) is 0 Å². The van der Waals surface area contributed by atoms with Crippen LogP contribution in [0, 0.1) is 0 Å². The Kier molecular flexibility index (Phi) is 1.71. The van der Waals surface area contributed by atoms with Crippen LogP contribution in [0.1, 0.15) is 6.92 Å². The van der Waals surface area contributed by atoms with E-state index in [-0.39, 0.29) is 0 Å². The van der Waals surface area contributed by atoms with Gasteiger partial charge in [-0.1, -0.05) is 0 Å². The Morgan fingerprint density at radius 1 is 1.20 bits per heavy atom. The summed E-state index contributed by atoms with van der Waals surface area (Å²) in [6, 6.07) is 8.15. The van der Waals surface area contributed by atoms with Crippen molar-refractivity contribution in [2.45, 2.75) is 13.5 Å². The molecule has 74 valence electrons. The van der Waals surface area contributed by atoms with E-state index < -0.39 is 0 Å². The largest absolute Gasteiger partial charge is 0.331 e. The fourth-order valence-corrected chi connectivity index (χ4v) is 1.93. The molecular formula is C12H11N3. The highest BCUT2D eigenvalue weighted by Gasteiger charge is 2.05. The third-order valence-corrected chi connectivity index (χ3v) is 2.71. The Morgan fingerprint density at radius 2 is 2.13 bits per heavy atom. The lowest BCUT2D eigenvalue weighted by Gasteiger charge is -2.00. The van der Waals surface area contributed by atoms with E-state index in [1.807, 2.05) is 24.7 Å². The lowest BCUT2D eigenvalue weighted by atomic mass is 10.2. The number of benzene rings is 1. The maximum atomic E-state index is 4.44. The summed E-state index contributed by atoms with van der Waals surface area (Å²) in [6.07, 6.45) is 3.70. The first-order chi connectivity index (χ1) is 7.40. The Labute approximate surface area is 87.4 Å². The van der Waals surface area contributed by atoms with Crippen molar-refractivity contribution in [1.29, 1.82) is 0 Å². The van der Waals surface area contributed by atoms with Gasteiger partial charge in [0.15, 0.2) is 0 Å². The minimum Gasteiger partial charge on any atom is -0.331 e. The van der Waals surface area contributed by atoms with Gasteiger partial charge in [-0.3, -0.25) is 4.98 Å². The van der Waals surface area contributed by atoms with E-state index in [0.29, 0.717) is 0 Å². The molecule has 0 aliphatic carbocycles. The highest BCUT2D eigenvalue weighted by Crippen LogP contribution is 2.22. The van der Waals surface area contributed by atoms with Gasteiger partial charge in [-0.15, -0.1) is 0 Å².